The first-order chi connectivity index (χ1) is 8.83. The fourth-order valence-electron chi connectivity index (χ4n) is 3.88. The summed E-state index contributed by atoms with van der Waals surface area (Å²) in [4.78, 5) is 4.23. The van der Waals surface area contributed by atoms with E-state index in [2.05, 4.69) is 27.4 Å². The molecule has 0 bridgehead atoms. The van der Waals surface area contributed by atoms with E-state index in [4.69, 9.17) is 0 Å². The van der Waals surface area contributed by atoms with Crippen molar-refractivity contribution in [1.82, 2.24) is 20.5 Å². The number of aromatic nitrogens is 3. The lowest BCUT2D eigenvalue weighted by Gasteiger charge is -2.40. The van der Waals surface area contributed by atoms with Gasteiger partial charge >= 0.3 is 0 Å². The molecule has 1 heterocycles. The van der Waals surface area contributed by atoms with Crippen LogP contribution in [0, 0.1) is 11.8 Å². The molecule has 1 aromatic rings. The van der Waals surface area contributed by atoms with E-state index in [0.29, 0.717) is 6.04 Å². The Morgan fingerprint density at radius 3 is 2.83 bits per heavy atom. The normalized spacial score (nSPS) is 33.9. The van der Waals surface area contributed by atoms with Gasteiger partial charge in [0.1, 0.15) is 12.2 Å². The zero-order chi connectivity index (χ0) is 12.4. The SMILES string of the molecule is CC(NC1CCC2CCCCC2C1)c1ncn[nH]1. The Bertz CT molecular complexity index is 362. The first-order valence-electron chi connectivity index (χ1n) is 7.44. The molecule has 0 aromatic carbocycles. The largest absolute Gasteiger partial charge is 0.305 e. The lowest BCUT2D eigenvalue weighted by molar-refractivity contribution is 0.139. The van der Waals surface area contributed by atoms with E-state index in [0.717, 1.165) is 17.7 Å². The van der Waals surface area contributed by atoms with Gasteiger partial charge in [-0.2, -0.15) is 5.10 Å². The van der Waals surface area contributed by atoms with E-state index >= 15 is 0 Å². The Morgan fingerprint density at radius 2 is 2.06 bits per heavy atom. The van der Waals surface area contributed by atoms with Crippen molar-refractivity contribution in [3.63, 3.8) is 0 Å². The van der Waals surface area contributed by atoms with Gasteiger partial charge in [0.2, 0.25) is 0 Å². The van der Waals surface area contributed by atoms with Gasteiger partial charge in [-0.3, -0.25) is 5.10 Å². The van der Waals surface area contributed by atoms with Crippen LogP contribution in [0.25, 0.3) is 0 Å². The summed E-state index contributed by atoms with van der Waals surface area (Å²) in [6.45, 7) is 2.17. The first-order valence-corrected chi connectivity index (χ1v) is 7.44. The van der Waals surface area contributed by atoms with Crippen molar-refractivity contribution in [3.05, 3.63) is 12.2 Å². The van der Waals surface area contributed by atoms with Gasteiger partial charge in [-0.1, -0.05) is 25.7 Å². The van der Waals surface area contributed by atoms with Crippen molar-refractivity contribution in [2.75, 3.05) is 0 Å². The van der Waals surface area contributed by atoms with Gasteiger partial charge in [0.15, 0.2) is 0 Å². The zero-order valence-electron chi connectivity index (χ0n) is 11.2. The maximum atomic E-state index is 4.23. The molecular weight excluding hydrogens is 224 g/mol. The summed E-state index contributed by atoms with van der Waals surface area (Å²) in [5.74, 6) is 2.96. The molecule has 4 unspecified atom stereocenters. The number of aromatic amines is 1. The van der Waals surface area contributed by atoms with Crippen LogP contribution in [0.4, 0.5) is 0 Å². The predicted octanol–water partition coefficient (Wildman–Crippen LogP) is 2.81. The van der Waals surface area contributed by atoms with Crippen LogP contribution in [0.2, 0.25) is 0 Å². The molecular formula is C14H24N4. The molecule has 18 heavy (non-hydrogen) atoms. The monoisotopic (exact) mass is 248 g/mol. The third-order valence-electron chi connectivity index (χ3n) is 4.87. The number of fused-ring (bicyclic) bond motifs is 1. The van der Waals surface area contributed by atoms with Crippen LogP contribution in [0.15, 0.2) is 6.33 Å². The second-order valence-electron chi connectivity index (χ2n) is 6.07. The Kier molecular flexibility index (Phi) is 3.64. The Balaban J connectivity index is 1.54. The lowest BCUT2D eigenvalue weighted by Crippen LogP contribution is -2.40. The molecule has 0 saturated heterocycles. The standard InChI is InChI=1S/C14H24N4/c1-10(14-15-9-16-18-14)17-13-7-6-11-4-2-3-5-12(11)8-13/h9-13,17H,2-8H2,1H3,(H,15,16,18). The summed E-state index contributed by atoms with van der Waals surface area (Å²) in [6.07, 6.45) is 11.6. The van der Waals surface area contributed by atoms with Crippen LogP contribution in [-0.2, 0) is 0 Å². The minimum absolute atomic E-state index is 0.289. The molecule has 100 valence electrons. The topological polar surface area (TPSA) is 53.6 Å². The molecule has 2 N–H and O–H groups in total. The molecule has 0 spiro atoms. The summed E-state index contributed by atoms with van der Waals surface area (Å²) in [7, 11) is 0. The maximum Gasteiger partial charge on any atom is 0.141 e. The van der Waals surface area contributed by atoms with Gasteiger partial charge in [-0.15, -0.1) is 0 Å². The third-order valence-corrected chi connectivity index (χ3v) is 4.87. The van der Waals surface area contributed by atoms with Crippen molar-refractivity contribution in [2.24, 2.45) is 11.8 Å². The van der Waals surface area contributed by atoms with Crippen LogP contribution in [-0.4, -0.2) is 21.2 Å². The Hall–Kier alpha value is -0.900. The number of nitrogens with one attached hydrogen (secondary N) is 2. The molecule has 2 aliphatic carbocycles. The lowest BCUT2D eigenvalue weighted by atomic mass is 9.69. The molecule has 3 rings (SSSR count). The van der Waals surface area contributed by atoms with Gasteiger partial charge in [-0.05, 0) is 38.0 Å². The van der Waals surface area contributed by atoms with E-state index in [1.54, 1.807) is 6.33 Å². The number of nitrogens with zero attached hydrogens (tertiary/aromatic N) is 2. The highest BCUT2D eigenvalue weighted by molar-refractivity contribution is 4.93. The molecule has 4 nitrogen and oxygen atoms in total. The van der Waals surface area contributed by atoms with E-state index in [1.165, 1.54) is 44.9 Å². The number of rotatable bonds is 3. The minimum atomic E-state index is 0.289. The second-order valence-corrected chi connectivity index (χ2v) is 6.07. The number of hydrogen-bond donors (Lipinski definition) is 2. The second kappa shape index (κ2) is 5.39. The molecule has 0 amide bonds. The van der Waals surface area contributed by atoms with Crippen LogP contribution in [0.1, 0.15) is 63.7 Å². The maximum absolute atomic E-state index is 4.23. The van der Waals surface area contributed by atoms with Crippen LogP contribution in [0.5, 0.6) is 0 Å². The molecule has 4 atom stereocenters. The summed E-state index contributed by atoms with van der Waals surface area (Å²) < 4.78 is 0. The van der Waals surface area contributed by atoms with Crippen LogP contribution in [0.3, 0.4) is 0 Å². The third kappa shape index (κ3) is 2.58. The highest BCUT2D eigenvalue weighted by Crippen LogP contribution is 2.40. The fourth-order valence-corrected chi connectivity index (χ4v) is 3.88. The summed E-state index contributed by atoms with van der Waals surface area (Å²) in [6, 6.07) is 0.960. The van der Waals surface area contributed by atoms with Gasteiger partial charge in [-0.25, -0.2) is 4.98 Å². The first kappa shape index (κ1) is 12.2. The highest BCUT2D eigenvalue weighted by Gasteiger charge is 2.32. The zero-order valence-corrected chi connectivity index (χ0v) is 11.2. The molecule has 2 aliphatic rings. The van der Waals surface area contributed by atoms with Gasteiger partial charge < -0.3 is 5.32 Å². The predicted molar refractivity (Wildman–Crippen MR) is 71.0 cm³/mol. The molecule has 0 aliphatic heterocycles. The van der Waals surface area contributed by atoms with E-state index < -0.39 is 0 Å². The number of hydrogen-bond acceptors (Lipinski definition) is 3. The molecule has 2 saturated carbocycles. The van der Waals surface area contributed by atoms with Crippen LogP contribution >= 0.6 is 0 Å². The van der Waals surface area contributed by atoms with E-state index in [9.17, 15) is 0 Å². The highest BCUT2D eigenvalue weighted by atomic mass is 15.2. The van der Waals surface area contributed by atoms with Crippen LogP contribution < -0.4 is 5.32 Å². The van der Waals surface area contributed by atoms with E-state index in [1.807, 2.05) is 0 Å². The summed E-state index contributed by atoms with van der Waals surface area (Å²) in [5, 5.41) is 10.6. The molecule has 0 radical (unpaired) electrons. The van der Waals surface area contributed by atoms with Crippen molar-refractivity contribution >= 4 is 0 Å². The van der Waals surface area contributed by atoms with Gasteiger partial charge in [0, 0.05) is 6.04 Å². The van der Waals surface area contributed by atoms with E-state index in [-0.39, 0.29) is 6.04 Å². The van der Waals surface area contributed by atoms with Crippen molar-refractivity contribution in [1.29, 1.82) is 0 Å². The molecule has 4 heteroatoms. The quantitative estimate of drug-likeness (QED) is 0.865. The molecule has 1 aromatic heterocycles. The smallest absolute Gasteiger partial charge is 0.141 e. The average molecular weight is 248 g/mol. The Morgan fingerprint density at radius 1 is 1.22 bits per heavy atom. The summed E-state index contributed by atoms with van der Waals surface area (Å²) in [5.41, 5.74) is 0. The Labute approximate surface area is 109 Å². The van der Waals surface area contributed by atoms with Crippen molar-refractivity contribution in [2.45, 2.75) is 64.0 Å². The fraction of sp³-hybridized carbons (Fsp3) is 0.857. The van der Waals surface area contributed by atoms with Crippen molar-refractivity contribution in [3.8, 4) is 0 Å². The van der Waals surface area contributed by atoms with Crippen molar-refractivity contribution < 1.29 is 0 Å². The number of H-pyrrole nitrogens is 1. The molecule has 2 fully saturated rings. The van der Waals surface area contributed by atoms with Gasteiger partial charge in [0.05, 0.1) is 6.04 Å². The summed E-state index contributed by atoms with van der Waals surface area (Å²) >= 11 is 0. The average Bonchev–Trinajstić information content (AvgIpc) is 2.92. The van der Waals surface area contributed by atoms with Gasteiger partial charge in [0.25, 0.3) is 0 Å². The minimum Gasteiger partial charge on any atom is -0.305 e.